The van der Waals surface area contributed by atoms with Gasteiger partial charge in [-0.1, -0.05) is 30.4 Å². The van der Waals surface area contributed by atoms with Crippen molar-refractivity contribution < 1.29 is 8.78 Å². The molecule has 2 aromatic rings. The van der Waals surface area contributed by atoms with Gasteiger partial charge in [-0.2, -0.15) is 0 Å². The molecule has 0 amide bonds. The minimum Gasteiger partial charge on any atom is -0.364 e. The fraction of sp³-hybridized carbons (Fsp3) is 0.318. The van der Waals surface area contributed by atoms with Crippen molar-refractivity contribution in [2.24, 2.45) is 4.99 Å². The third-order valence-electron chi connectivity index (χ3n) is 4.64. The fourth-order valence-corrected chi connectivity index (χ4v) is 3.17. The van der Waals surface area contributed by atoms with Gasteiger partial charge in [-0.15, -0.1) is 0 Å². The van der Waals surface area contributed by atoms with Gasteiger partial charge in [-0.05, 0) is 37.6 Å². The highest BCUT2D eigenvalue weighted by Gasteiger charge is 2.13. The number of hydrogen-bond donors (Lipinski definition) is 2. The van der Waals surface area contributed by atoms with Gasteiger partial charge in [0.05, 0.1) is 12.6 Å². The number of nitrogens with one attached hydrogen (secondary N) is 2. The van der Waals surface area contributed by atoms with Crippen molar-refractivity contribution in [2.45, 2.75) is 26.4 Å². The highest BCUT2D eigenvalue weighted by molar-refractivity contribution is 5.80. The van der Waals surface area contributed by atoms with E-state index in [0.29, 0.717) is 24.6 Å². The van der Waals surface area contributed by atoms with Crippen LogP contribution in [0.3, 0.4) is 0 Å². The molecule has 1 aliphatic rings. The van der Waals surface area contributed by atoms with E-state index in [1.165, 1.54) is 17.8 Å². The normalized spacial score (nSPS) is 15.0. The molecule has 1 aliphatic heterocycles. The van der Waals surface area contributed by atoms with Gasteiger partial charge in [0.2, 0.25) is 0 Å². The topological polar surface area (TPSA) is 39.7 Å². The third-order valence-corrected chi connectivity index (χ3v) is 4.64. The van der Waals surface area contributed by atoms with Crippen molar-refractivity contribution in [3.05, 3.63) is 77.4 Å². The van der Waals surface area contributed by atoms with Crippen LogP contribution >= 0.6 is 0 Å². The summed E-state index contributed by atoms with van der Waals surface area (Å²) in [6.45, 7) is 6.84. The van der Waals surface area contributed by atoms with Crippen LogP contribution in [0.2, 0.25) is 0 Å². The monoisotopic (exact) mass is 384 g/mol. The lowest BCUT2D eigenvalue weighted by molar-refractivity contribution is 0.551. The molecule has 0 spiro atoms. The minimum atomic E-state index is -0.581. The van der Waals surface area contributed by atoms with Crippen LogP contribution < -0.4 is 15.5 Å². The molecule has 0 aromatic heterocycles. The second kappa shape index (κ2) is 9.35. The zero-order valence-electron chi connectivity index (χ0n) is 16.3. The van der Waals surface area contributed by atoms with E-state index in [1.54, 1.807) is 0 Å². The summed E-state index contributed by atoms with van der Waals surface area (Å²) in [4.78, 5) is 6.92. The Balaban J connectivity index is 1.69. The Kier molecular flexibility index (Phi) is 6.63. The fourth-order valence-electron chi connectivity index (χ4n) is 3.17. The van der Waals surface area contributed by atoms with E-state index >= 15 is 0 Å². The number of rotatable bonds is 6. The lowest BCUT2D eigenvalue weighted by Crippen LogP contribution is -2.39. The number of nitrogens with zero attached hydrogens (tertiary/aromatic N) is 2. The Labute approximate surface area is 165 Å². The molecule has 0 aliphatic carbocycles. The molecule has 2 N–H and O–H groups in total. The molecule has 6 heteroatoms. The van der Waals surface area contributed by atoms with Crippen molar-refractivity contribution in [1.29, 1.82) is 0 Å². The predicted molar refractivity (Wildman–Crippen MR) is 111 cm³/mol. The highest BCUT2D eigenvalue weighted by atomic mass is 19.1. The first kappa shape index (κ1) is 19.9. The molecule has 0 bridgehead atoms. The highest BCUT2D eigenvalue weighted by Crippen LogP contribution is 2.20. The first-order valence-electron chi connectivity index (χ1n) is 9.55. The molecule has 0 fully saturated rings. The summed E-state index contributed by atoms with van der Waals surface area (Å²) in [7, 11) is 0. The van der Waals surface area contributed by atoms with Crippen molar-refractivity contribution in [2.75, 3.05) is 24.5 Å². The van der Waals surface area contributed by atoms with Crippen LogP contribution in [0, 0.1) is 11.6 Å². The Hall–Kier alpha value is -2.89. The number of halogens is 2. The number of benzene rings is 2. The van der Waals surface area contributed by atoms with Gasteiger partial charge in [0, 0.05) is 37.0 Å². The van der Waals surface area contributed by atoms with Crippen LogP contribution in [-0.4, -0.2) is 25.6 Å². The Morgan fingerprint density at radius 1 is 1.14 bits per heavy atom. The summed E-state index contributed by atoms with van der Waals surface area (Å²) in [6, 6.07) is 11.6. The molecule has 0 radical (unpaired) electrons. The maximum Gasteiger partial charge on any atom is 0.192 e. The van der Waals surface area contributed by atoms with Gasteiger partial charge in [-0.3, -0.25) is 0 Å². The summed E-state index contributed by atoms with van der Waals surface area (Å²) in [5, 5.41) is 6.37. The van der Waals surface area contributed by atoms with Crippen molar-refractivity contribution in [3.8, 4) is 0 Å². The summed E-state index contributed by atoms with van der Waals surface area (Å²) in [6.07, 6.45) is 4.32. The maximum absolute atomic E-state index is 14.0. The van der Waals surface area contributed by atoms with E-state index in [2.05, 4.69) is 44.8 Å². The van der Waals surface area contributed by atoms with E-state index < -0.39 is 11.6 Å². The first-order chi connectivity index (χ1) is 13.6. The van der Waals surface area contributed by atoms with Crippen molar-refractivity contribution in [1.82, 2.24) is 10.6 Å². The van der Waals surface area contributed by atoms with Gasteiger partial charge < -0.3 is 15.5 Å². The summed E-state index contributed by atoms with van der Waals surface area (Å²) in [5.74, 6) is -0.558. The van der Waals surface area contributed by atoms with Crippen LogP contribution in [0.5, 0.6) is 0 Å². The Morgan fingerprint density at radius 2 is 1.93 bits per heavy atom. The predicted octanol–water partition coefficient (Wildman–Crippen LogP) is 4.16. The first-order valence-corrected chi connectivity index (χ1v) is 9.55. The molecule has 148 valence electrons. The van der Waals surface area contributed by atoms with E-state index in [-0.39, 0.29) is 6.04 Å². The van der Waals surface area contributed by atoms with E-state index in [1.807, 2.05) is 26.0 Å². The maximum atomic E-state index is 14.0. The third kappa shape index (κ3) is 5.09. The Morgan fingerprint density at radius 3 is 2.64 bits per heavy atom. The number of anilines is 1. The van der Waals surface area contributed by atoms with Crippen LogP contribution in [0.1, 0.15) is 31.0 Å². The number of guanidine groups is 1. The smallest absolute Gasteiger partial charge is 0.192 e. The number of hydrogen-bond acceptors (Lipinski definition) is 2. The molecule has 1 heterocycles. The van der Waals surface area contributed by atoms with Crippen molar-refractivity contribution >= 4 is 11.6 Å². The van der Waals surface area contributed by atoms with E-state index in [9.17, 15) is 8.78 Å². The Bertz CT molecular complexity index is 855. The molecule has 1 unspecified atom stereocenters. The van der Waals surface area contributed by atoms with Crippen LogP contribution in [0.4, 0.5) is 14.5 Å². The van der Waals surface area contributed by atoms with Gasteiger partial charge in [0.15, 0.2) is 5.96 Å². The molecular formula is C22H26F2N4. The molecule has 0 saturated heterocycles. The SMILES string of the molecule is CCNC(=NCc1cccc(N2CC=CC2)c1)NC(C)c1ccc(F)cc1F. The second-order valence-corrected chi connectivity index (χ2v) is 6.77. The number of aliphatic imine (C=N–C) groups is 1. The minimum absolute atomic E-state index is 0.347. The quantitative estimate of drug-likeness (QED) is 0.446. The lowest BCUT2D eigenvalue weighted by atomic mass is 10.1. The second-order valence-electron chi connectivity index (χ2n) is 6.77. The molecule has 3 rings (SSSR count). The average Bonchev–Trinajstić information content (AvgIpc) is 3.21. The van der Waals surface area contributed by atoms with Gasteiger partial charge in [-0.25, -0.2) is 13.8 Å². The van der Waals surface area contributed by atoms with E-state index in [4.69, 9.17) is 0 Å². The van der Waals surface area contributed by atoms with Crippen molar-refractivity contribution in [3.63, 3.8) is 0 Å². The largest absolute Gasteiger partial charge is 0.364 e. The molecule has 2 aromatic carbocycles. The summed E-state index contributed by atoms with van der Waals surface area (Å²) in [5.41, 5.74) is 2.68. The molecule has 28 heavy (non-hydrogen) atoms. The van der Waals surface area contributed by atoms with Crippen LogP contribution in [-0.2, 0) is 6.54 Å². The zero-order valence-corrected chi connectivity index (χ0v) is 16.3. The van der Waals surface area contributed by atoms with Crippen LogP contribution in [0.15, 0.2) is 59.6 Å². The summed E-state index contributed by atoms with van der Waals surface area (Å²) < 4.78 is 27.2. The van der Waals surface area contributed by atoms with E-state index in [0.717, 1.165) is 24.7 Å². The molecule has 0 saturated carbocycles. The standard InChI is InChI=1S/C22H26F2N4/c1-3-25-22(27-16(2)20-10-9-18(23)14-21(20)24)26-15-17-7-6-8-19(13-17)28-11-4-5-12-28/h4-10,13-14,16H,3,11-12,15H2,1-2H3,(H2,25,26,27). The lowest BCUT2D eigenvalue weighted by Gasteiger charge is -2.19. The molecule has 1 atom stereocenters. The van der Waals surface area contributed by atoms with Gasteiger partial charge in [0.25, 0.3) is 0 Å². The molecule has 4 nitrogen and oxygen atoms in total. The van der Waals surface area contributed by atoms with Crippen LogP contribution in [0.25, 0.3) is 0 Å². The molecular weight excluding hydrogens is 358 g/mol. The average molecular weight is 384 g/mol. The summed E-state index contributed by atoms with van der Waals surface area (Å²) >= 11 is 0. The van der Waals surface area contributed by atoms with Gasteiger partial charge >= 0.3 is 0 Å². The van der Waals surface area contributed by atoms with Gasteiger partial charge in [0.1, 0.15) is 11.6 Å². The zero-order chi connectivity index (χ0) is 19.9.